The molecular formula is C25H20N2O4S. The van der Waals surface area contributed by atoms with Crippen LogP contribution in [0.25, 0.3) is 22.3 Å². The number of hydrogen-bond acceptors (Lipinski definition) is 5. The highest BCUT2D eigenvalue weighted by atomic mass is 32.1. The van der Waals surface area contributed by atoms with Gasteiger partial charge in [0.1, 0.15) is 5.76 Å². The number of carbonyl (C=O) groups is 2. The zero-order valence-electron chi connectivity index (χ0n) is 17.4. The summed E-state index contributed by atoms with van der Waals surface area (Å²) in [7, 11) is 0. The third-order valence-corrected chi connectivity index (χ3v) is 6.92. The third-order valence-electron chi connectivity index (χ3n) is 5.69. The van der Waals surface area contributed by atoms with Gasteiger partial charge in [0.05, 0.1) is 15.8 Å². The van der Waals surface area contributed by atoms with Crippen LogP contribution in [0.2, 0.25) is 0 Å². The van der Waals surface area contributed by atoms with Crippen molar-refractivity contribution in [2.45, 2.75) is 26.2 Å². The van der Waals surface area contributed by atoms with E-state index >= 15 is 0 Å². The molecule has 32 heavy (non-hydrogen) atoms. The van der Waals surface area contributed by atoms with E-state index in [4.69, 9.17) is 4.42 Å². The lowest BCUT2D eigenvalue weighted by atomic mass is 10.0. The van der Waals surface area contributed by atoms with Gasteiger partial charge < -0.3 is 4.42 Å². The van der Waals surface area contributed by atoms with E-state index in [0.717, 1.165) is 24.8 Å². The van der Waals surface area contributed by atoms with Crippen molar-refractivity contribution in [1.82, 2.24) is 10.9 Å². The third kappa shape index (κ3) is 3.50. The molecule has 0 aliphatic heterocycles. The van der Waals surface area contributed by atoms with Crippen LogP contribution in [-0.2, 0) is 12.8 Å². The molecule has 0 atom stereocenters. The summed E-state index contributed by atoms with van der Waals surface area (Å²) in [6, 6.07) is 16.0. The number of aryl methyl sites for hydroxylation is 2. The number of benzene rings is 2. The highest BCUT2D eigenvalue weighted by Crippen LogP contribution is 2.30. The second-order valence-electron chi connectivity index (χ2n) is 7.75. The number of para-hydroxylation sites is 1. The SMILES string of the molecule is Cc1c(-c2ccccc2)oc2c(C(=O)NNC(=O)c3cc4c(s3)CCC4)cccc2c1=O. The number of rotatable bonds is 3. The first-order valence-corrected chi connectivity index (χ1v) is 11.2. The van der Waals surface area contributed by atoms with Crippen molar-refractivity contribution in [2.24, 2.45) is 0 Å². The molecule has 0 saturated heterocycles. The van der Waals surface area contributed by atoms with E-state index in [2.05, 4.69) is 10.9 Å². The van der Waals surface area contributed by atoms with Gasteiger partial charge in [-0.3, -0.25) is 25.2 Å². The number of thiophene rings is 1. The Balaban J connectivity index is 1.45. The van der Waals surface area contributed by atoms with Gasteiger partial charge in [-0.05, 0) is 49.9 Å². The molecule has 2 aromatic carbocycles. The average molecular weight is 445 g/mol. The lowest BCUT2D eigenvalue weighted by Gasteiger charge is -2.11. The highest BCUT2D eigenvalue weighted by molar-refractivity contribution is 7.14. The molecule has 4 aromatic rings. The molecule has 0 fully saturated rings. The number of nitrogens with one attached hydrogen (secondary N) is 2. The second kappa shape index (κ2) is 8.09. The average Bonchev–Trinajstić information content (AvgIpc) is 3.42. The molecule has 0 unspecified atom stereocenters. The predicted molar refractivity (Wildman–Crippen MR) is 124 cm³/mol. The summed E-state index contributed by atoms with van der Waals surface area (Å²) >= 11 is 1.46. The Hall–Kier alpha value is -3.71. The summed E-state index contributed by atoms with van der Waals surface area (Å²) in [6.07, 6.45) is 3.11. The van der Waals surface area contributed by atoms with Crippen molar-refractivity contribution in [3.63, 3.8) is 0 Å². The molecule has 2 N–H and O–H groups in total. The van der Waals surface area contributed by atoms with Crippen molar-refractivity contribution in [1.29, 1.82) is 0 Å². The maximum atomic E-state index is 13.0. The fourth-order valence-corrected chi connectivity index (χ4v) is 5.19. The van der Waals surface area contributed by atoms with Gasteiger partial charge in [-0.2, -0.15) is 0 Å². The van der Waals surface area contributed by atoms with E-state index in [9.17, 15) is 14.4 Å². The van der Waals surface area contributed by atoms with Crippen molar-refractivity contribution in [3.05, 3.63) is 91.3 Å². The van der Waals surface area contributed by atoms with Gasteiger partial charge in [0.15, 0.2) is 11.0 Å². The fourth-order valence-electron chi connectivity index (χ4n) is 4.04. The summed E-state index contributed by atoms with van der Waals surface area (Å²) in [4.78, 5) is 40.2. The molecule has 0 bridgehead atoms. The van der Waals surface area contributed by atoms with E-state index in [-0.39, 0.29) is 22.5 Å². The Kier molecular flexibility index (Phi) is 5.11. The van der Waals surface area contributed by atoms with Crippen LogP contribution in [0, 0.1) is 6.92 Å². The predicted octanol–water partition coefficient (Wildman–Crippen LogP) is 4.39. The highest BCUT2D eigenvalue weighted by Gasteiger charge is 2.21. The maximum absolute atomic E-state index is 13.0. The standard InChI is InChI=1S/C25H20N2O4S/c1-14-21(28)17-10-6-11-18(23(17)31-22(14)15-7-3-2-4-8-15)24(29)26-27-25(30)20-13-16-9-5-12-19(16)32-20/h2-4,6-8,10-11,13H,5,9,12H2,1H3,(H,26,29)(H,27,30). The van der Waals surface area contributed by atoms with Crippen molar-refractivity contribution < 1.29 is 14.0 Å². The lowest BCUT2D eigenvalue weighted by Crippen LogP contribution is -2.41. The van der Waals surface area contributed by atoms with Crippen molar-refractivity contribution >= 4 is 34.1 Å². The van der Waals surface area contributed by atoms with Gasteiger partial charge in [0.2, 0.25) is 0 Å². The van der Waals surface area contributed by atoms with Crippen LogP contribution in [-0.4, -0.2) is 11.8 Å². The Bertz CT molecular complexity index is 1400. The van der Waals surface area contributed by atoms with E-state index in [1.165, 1.54) is 21.8 Å². The Morgan fingerprint density at radius 3 is 2.53 bits per heavy atom. The van der Waals surface area contributed by atoms with Gasteiger partial charge >= 0.3 is 0 Å². The second-order valence-corrected chi connectivity index (χ2v) is 8.89. The smallest absolute Gasteiger partial charge is 0.279 e. The Morgan fingerprint density at radius 1 is 0.969 bits per heavy atom. The van der Waals surface area contributed by atoms with E-state index in [0.29, 0.717) is 21.6 Å². The summed E-state index contributed by atoms with van der Waals surface area (Å²) in [5.74, 6) is -0.500. The Morgan fingerprint density at radius 2 is 1.75 bits per heavy atom. The van der Waals surface area contributed by atoms with Gasteiger partial charge in [-0.1, -0.05) is 36.4 Å². The first-order valence-electron chi connectivity index (χ1n) is 10.4. The van der Waals surface area contributed by atoms with Gasteiger partial charge in [0, 0.05) is 16.0 Å². The van der Waals surface area contributed by atoms with E-state index in [1.54, 1.807) is 25.1 Å². The summed E-state index contributed by atoms with van der Waals surface area (Å²) in [5, 5.41) is 0.316. The minimum absolute atomic E-state index is 0.172. The number of hydrogen-bond donors (Lipinski definition) is 2. The Labute approximate surface area is 187 Å². The van der Waals surface area contributed by atoms with Crippen molar-refractivity contribution in [3.8, 4) is 11.3 Å². The molecule has 5 rings (SSSR count). The molecule has 6 nitrogen and oxygen atoms in total. The van der Waals surface area contributed by atoms with Crippen LogP contribution in [0.15, 0.2) is 63.8 Å². The molecule has 0 spiro atoms. The molecule has 0 saturated carbocycles. The summed E-state index contributed by atoms with van der Waals surface area (Å²) < 4.78 is 6.07. The zero-order valence-corrected chi connectivity index (χ0v) is 18.2. The molecule has 1 aliphatic rings. The molecule has 2 heterocycles. The molecule has 1 aliphatic carbocycles. The normalized spacial score (nSPS) is 12.5. The van der Waals surface area contributed by atoms with Crippen LogP contribution in [0.1, 0.15) is 42.5 Å². The van der Waals surface area contributed by atoms with Crippen LogP contribution >= 0.6 is 11.3 Å². The van der Waals surface area contributed by atoms with E-state index < -0.39 is 5.91 Å². The van der Waals surface area contributed by atoms with Crippen LogP contribution < -0.4 is 16.3 Å². The molecule has 7 heteroatoms. The number of fused-ring (bicyclic) bond motifs is 2. The number of amides is 2. The van der Waals surface area contributed by atoms with Crippen LogP contribution in [0.5, 0.6) is 0 Å². The number of hydrazine groups is 1. The lowest BCUT2D eigenvalue weighted by molar-refractivity contribution is 0.0849. The summed E-state index contributed by atoms with van der Waals surface area (Å²) in [5.41, 5.74) is 7.52. The fraction of sp³-hybridized carbons (Fsp3) is 0.160. The van der Waals surface area contributed by atoms with Gasteiger partial charge in [-0.15, -0.1) is 11.3 Å². The van der Waals surface area contributed by atoms with Crippen LogP contribution in [0.4, 0.5) is 0 Å². The first-order chi connectivity index (χ1) is 15.5. The topological polar surface area (TPSA) is 88.4 Å². The molecule has 160 valence electrons. The molecular weight excluding hydrogens is 424 g/mol. The van der Waals surface area contributed by atoms with Crippen molar-refractivity contribution in [2.75, 3.05) is 0 Å². The molecule has 2 aromatic heterocycles. The van der Waals surface area contributed by atoms with Gasteiger partial charge in [-0.25, -0.2) is 0 Å². The maximum Gasteiger partial charge on any atom is 0.279 e. The zero-order chi connectivity index (χ0) is 22.2. The van der Waals surface area contributed by atoms with Crippen LogP contribution in [0.3, 0.4) is 0 Å². The monoisotopic (exact) mass is 444 g/mol. The minimum Gasteiger partial charge on any atom is -0.455 e. The van der Waals surface area contributed by atoms with Gasteiger partial charge in [0.25, 0.3) is 11.8 Å². The first kappa shape index (κ1) is 20.2. The molecule has 2 amide bonds. The number of carbonyl (C=O) groups excluding carboxylic acids is 2. The van der Waals surface area contributed by atoms with E-state index in [1.807, 2.05) is 36.4 Å². The quantitative estimate of drug-likeness (QED) is 0.459. The minimum atomic E-state index is -0.556. The molecule has 0 radical (unpaired) electrons. The summed E-state index contributed by atoms with van der Waals surface area (Å²) in [6.45, 7) is 1.71. The largest absolute Gasteiger partial charge is 0.455 e.